The molecule has 192 valence electrons. The van der Waals surface area contributed by atoms with Gasteiger partial charge in [0, 0.05) is 23.2 Å². The van der Waals surface area contributed by atoms with Gasteiger partial charge in [-0.15, -0.1) is 0 Å². The normalized spacial score (nSPS) is 19.9. The number of carbonyl (C=O) groups excluding carboxylic acids is 1. The van der Waals surface area contributed by atoms with Gasteiger partial charge in [-0.25, -0.2) is 9.78 Å². The molecule has 1 aromatic heterocycles. The van der Waals surface area contributed by atoms with Gasteiger partial charge in [-0.3, -0.25) is 4.90 Å². The molecule has 5 nitrogen and oxygen atoms in total. The molecule has 0 radical (unpaired) electrons. The zero-order chi connectivity index (χ0) is 26.1. The quantitative estimate of drug-likeness (QED) is 0.311. The molecule has 1 saturated heterocycles. The van der Waals surface area contributed by atoms with Crippen molar-refractivity contribution in [1.82, 2.24) is 14.9 Å². The van der Waals surface area contributed by atoms with Crippen molar-refractivity contribution in [3.05, 3.63) is 101 Å². The maximum absolute atomic E-state index is 15.4. The van der Waals surface area contributed by atoms with Crippen molar-refractivity contribution in [2.45, 2.75) is 44.8 Å². The van der Waals surface area contributed by atoms with Crippen LogP contribution in [0.3, 0.4) is 0 Å². The lowest BCUT2D eigenvalue weighted by Gasteiger charge is -2.22. The summed E-state index contributed by atoms with van der Waals surface area (Å²) >= 11 is 0. The molecule has 4 aromatic rings. The van der Waals surface area contributed by atoms with E-state index in [1.54, 1.807) is 35.4 Å². The number of hydrogen-bond acceptors (Lipinski definition) is 3. The molecule has 1 aliphatic heterocycles. The number of alkyl halides is 2. The highest BCUT2D eigenvalue weighted by molar-refractivity contribution is 5.82. The smallest absolute Gasteiger partial charge is 0.410 e. The maximum atomic E-state index is 15.4. The average Bonchev–Trinajstić information content (AvgIpc) is 3.24. The second-order valence-corrected chi connectivity index (χ2v) is 11.0. The van der Waals surface area contributed by atoms with Crippen molar-refractivity contribution in [2.24, 2.45) is 5.41 Å². The number of ether oxygens (including phenoxy) is 1. The minimum absolute atomic E-state index is 0.00988. The van der Waals surface area contributed by atoms with E-state index in [9.17, 15) is 4.79 Å². The summed E-state index contributed by atoms with van der Waals surface area (Å²) in [6.07, 6.45) is 4.30. The molecule has 1 spiro atoms. The molecule has 7 heteroatoms. The van der Waals surface area contributed by atoms with E-state index in [2.05, 4.69) is 9.97 Å². The Kier molecular flexibility index (Phi) is 5.02. The van der Waals surface area contributed by atoms with Gasteiger partial charge < -0.3 is 9.72 Å². The third kappa shape index (κ3) is 3.71. The highest BCUT2D eigenvalue weighted by Crippen LogP contribution is 2.58. The topological polar surface area (TPSA) is 58.2 Å². The van der Waals surface area contributed by atoms with Gasteiger partial charge in [0.25, 0.3) is 5.92 Å². The first kappa shape index (κ1) is 23.1. The Bertz CT molecular complexity index is 1560. The minimum Gasteiger partial charge on any atom is -0.445 e. The summed E-state index contributed by atoms with van der Waals surface area (Å²) in [5.74, 6) is -2.40. The Morgan fingerprint density at radius 1 is 1.05 bits per heavy atom. The molecule has 2 heterocycles. The molecule has 3 aromatic carbocycles. The van der Waals surface area contributed by atoms with Crippen LogP contribution in [0.15, 0.2) is 72.9 Å². The fourth-order valence-corrected chi connectivity index (χ4v) is 5.99. The number of aromatic nitrogens is 2. The van der Waals surface area contributed by atoms with Crippen molar-refractivity contribution in [3.8, 4) is 22.4 Å². The molecule has 7 rings (SSSR count). The number of hydrogen-bond donors (Lipinski definition) is 1. The molecule has 0 bridgehead atoms. The van der Waals surface area contributed by atoms with Crippen LogP contribution in [0.1, 0.15) is 53.4 Å². The van der Waals surface area contributed by atoms with E-state index in [1.807, 2.05) is 49.4 Å². The maximum Gasteiger partial charge on any atom is 0.410 e. The first-order chi connectivity index (χ1) is 18.3. The second kappa shape index (κ2) is 8.25. The lowest BCUT2D eigenvalue weighted by molar-refractivity contribution is 0.0480. The summed E-state index contributed by atoms with van der Waals surface area (Å²) in [7, 11) is 0. The van der Waals surface area contributed by atoms with Gasteiger partial charge in [-0.2, -0.15) is 8.78 Å². The van der Waals surface area contributed by atoms with Crippen LogP contribution in [0.2, 0.25) is 0 Å². The first-order valence-electron chi connectivity index (χ1n) is 13.0. The summed E-state index contributed by atoms with van der Waals surface area (Å²) in [6.45, 7) is 2.68. The third-order valence-electron chi connectivity index (χ3n) is 8.29. The second-order valence-electron chi connectivity index (χ2n) is 11.0. The predicted octanol–water partition coefficient (Wildman–Crippen LogP) is 7.37. The number of H-pyrrole nitrogens is 1. The van der Waals surface area contributed by atoms with Crippen molar-refractivity contribution in [1.29, 1.82) is 0 Å². The lowest BCUT2D eigenvalue weighted by Crippen LogP contribution is -2.32. The number of benzene rings is 3. The Morgan fingerprint density at radius 3 is 2.55 bits per heavy atom. The number of halogens is 2. The van der Waals surface area contributed by atoms with Crippen molar-refractivity contribution in [3.63, 3.8) is 0 Å². The largest absolute Gasteiger partial charge is 0.445 e. The van der Waals surface area contributed by atoms with Gasteiger partial charge in [0.1, 0.15) is 12.4 Å². The highest BCUT2D eigenvalue weighted by Gasteiger charge is 2.55. The number of fused-ring (bicyclic) bond motifs is 3. The van der Waals surface area contributed by atoms with E-state index in [1.165, 1.54) is 0 Å². The summed E-state index contributed by atoms with van der Waals surface area (Å²) in [5, 5.41) is 0. The highest BCUT2D eigenvalue weighted by atomic mass is 19.3. The summed E-state index contributed by atoms with van der Waals surface area (Å²) in [4.78, 5) is 22.8. The molecule has 2 aliphatic carbocycles. The monoisotopic (exact) mass is 511 g/mol. The number of imidazole rings is 1. The zero-order valence-corrected chi connectivity index (χ0v) is 21.0. The predicted molar refractivity (Wildman–Crippen MR) is 140 cm³/mol. The lowest BCUT2D eigenvalue weighted by atomic mass is 10.0. The molecular formula is C31H27F2N3O2. The summed E-state index contributed by atoms with van der Waals surface area (Å²) in [5.41, 5.74) is 4.38. The molecule has 2 fully saturated rings. The molecule has 1 N–H and O–H groups in total. The number of likely N-dealkylation sites (tertiary alicyclic amines) is 1. The van der Waals surface area contributed by atoms with Crippen LogP contribution in [0.4, 0.5) is 13.6 Å². The zero-order valence-electron chi connectivity index (χ0n) is 21.0. The van der Waals surface area contributed by atoms with Crippen molar-refractivity contribution < 1.29 is 18.3 Å². The Labute approximate surface area is 219 Å². The van der Waals surface area contributed by atoms with E-state index in [0.29, 0.717) is 34.8 Å². The van der Waals surface area contributed by atoms with E-state index < -0.39 is 5.92 Å². The number of nitrogens with one attached hydrogen (secondary N) is 1. The van der Waals surface area contributed by atoms with E-state index >= 15 is 8.78 Å². The molecule has 0 unspecified atom stereocenters. The average molecular weight is 512 g/mol. The van der Waals surface area contributed by atoms with Gasteiger partial charge in [0.15, 0.2) is 0 Å². The van der Waals surface area contributed by atoms with E-state index in [4.69, 9.17) is 4.74 Å². The number of carbonyl (C=O) groups is 1. The third-order valence-corrected chi connectivity index (χ3v) is 8.29. The number of nitrogens with zero attached hydrogens (tertiary/aromatic N) is 2. The molecule has 1 atom stereocenters. The van der Waals surface area contributed by atoms with Crippen LogP contribution in [-0.4, -0.2) is 27.5 Å². The van der Waals surface area contributed by atoms with Gasteiger partial charge >= 0.3 is 6.09 Å². The first-order valence-corrected chi connectivity index (χ1v) is 13.0. The van der Waals surface area contributed by atoms with Gasteiger partial charge in [0.05, 0.1) is 17.9 Å². The van der Waals surface area contributed by atoms with Gasteiger partial charge in [-0.1, -0.05) is 60.2 Å². The van der Waals surface area contributed by atoms with Crippen LogP contribution < -0.4 is 0 Å². The Hall–Kier alpha value is -4.00. The fraction of sp³-hybridized carbons (Fsp3) is 0.290. The standard InChI is InChI=1S/C31H27F2N3O2/c1-19-7-9-22-23-10-8-21(14-25(23)31(32,33)24(22)13-19)26-16-34-28(35-26)27-15-30(11-12-30)18-36(27)29(37)38-17-20-5-3-2-4-6-20/h2-10,13-14,16,27H,11-12,15,17-18H2,1H3,(H,34,35)/t27-/m0/s1. The number of aromatic amines is 1. The Morgan fingerprint density at radius 2 is 1.79 bits per heavy atom. The SMILES string of the molecule is Cc1ccc2c(c1)C(F)(F)c1cc(-c3cnc([C@@H]4CC5(CC5)CN4C(=O)OCc4ccccc4)[nH]3)ccc1-2. The molecule has 1 saturated carbocycles. The van der Waals surface area contributed by atoms with Crippen LogP contribution in [0.5, 0.6) is 0 Å². The fourth-order valence-electron chi connectivity index (χ4n) is 5.99. The van der Waals surface area contributed by atoms with Crippen LogP contribution >= 0.6 is 0 Å². The van der Waals surface area contributed by atoms with Crippen LogP contribution in [0.25, 0.3) is 22.4 Å². The van der Waals surface area contributed by atoms with Crippen molar-refractivity contribution in [2.75, 3.05) is 6.54 Å². The summed E-state index contributed by atoms with van der Waals surface area (Å²) < 4.78 is 36.5. The van der Waals surface area contributed by atoms with E-state index in [0.717, 1.165) is 30.4 Å². The van der Waals surface area contributed by atoms with Gasteiger partial charge in [0.2, 0.25) is 0 Å². The van der Waals surface area contributed by atoms with Crippen LogP contribution in [-0.2, 0) is 17.3 Å². The molecule has 1 amide bonds. The van der Waals surface area contributed by atoms with E-state index in [-0.39, 0.29) is 35.3 Å². The minimum atomic E-state index is -3.06. The van der Waals surface area contributed by atoms with Crippen LogP contribution in [0, 0.1) is 12.3 Å². The number of rotatable bonds is 4. The molecule has 3 aliphatic rings. The summed E-state index contributed by atoms with van der Waals surface area (Å²) in [6, 6.07) is 19.8. The number of aryl methyl sites for hydroxylation is 1. The molecular weight excluding hydrogens is 484 g/mol. The van der Waals surface area contributed by atoms with Gasteiger partial charge in [-0.05, 0) is 60.4 Å². The Balaban J connectivity index is 1.15. The molecule has 38 heavy (non-hydrogen) atoms. The number of amides is 1. The van der Waals surface area contributed by atoms with Crippen molar-refractivity contribution >= 4 is 6.09 Å².